The molecule has 3 aliphatic rings. The Morgan fingerprint density at radius 1 is 0.659 bits per heavy atom. The minimum atomic E-state index is -0.482. The van der Waals surface area contributed by atoms with Gasteiger partial charge in [0.15, 0.2) is 0 Å². The van der Waals surface area contributed by atoms with Crippen molar-refractivity contribution < 1.29 is 34.3 Å². The number of aliphatic hydroxyl groups is 3. The Bertz CT molecular complexity index is 801. The van der Waals surface area contributed by atoms with Crippen molar-refractivity contribution in [3.05, 3.63) is 11.6 Å². The predicted molar refractivity (Wildman–Crippen MR) is 175 cm³/mol. The molecule has 44 heavy (non-hydrogen) atoms. The normalized spacial score (nSPS) is 27.4. The monoisotopic (exact) mass is 622 g/mol. The van der Waals surface area contributed by atoms with Crippen molar-refractivity contribution in [3.63, 3.8) is 0 Å². The number of rotatable bonds is 25. The standard InChI is InChI=1S/C37H66O7/c1-3-4-5-6-7-8-9-10-14-17-20-31(39)33-22-24-35(43-33)36-25-23-34(44-36)32(40)21-18-15-12-11-13-16-19-30(38)27-29-26-28(2)42-37(29)41/h26,28,30-36,38-40H,3-25,27H2,1-2H3/t28?,30?,31-,32-,33-,34-,35-,36-/m1/s1. The van der Waals surface area contributed by atoms with Crippen LogP contribution in [0.25, 0.3) is 0 Å². The van der Waals surface area contributed by atoms with Gasteiger partial charge in [0, 0.05) is 12.0 Å². The molecular formula is C37H66O7. The Hall–Kier alpha value is -0.990. The van der Waals surface area contributed by atoms with E-state index in [-0.39, 0.29) is 42.6 Å². The number of unbranched alkanes of at least 4 members (excludes halogenated alkanes) is 14. The highest BCUT2D eigenvalue weighted by Gasteiger charge is 2.40. The average molecular weight is 623 g/mol. The minimum absolute atomic E-state index is 0.0403. The molecule has 3 N–H and O–H groups in total. The molecule has 3 heterocycles. The van der Waals surface area contributed by atoms with Crippen LogP contribution in [0.15, 0.2) is 11.6 Å². The summed E-state index contributed by atoms with van der Waals surface area (Å²) in [5, 5.41) is 31.7. The summed E-state index contributed by atoms with van der Waals surface area (Å²) in [5.74, 6) is -0.289. The molecule has 3 aliphatic heterocycles. The molecule has 8 atom stereocenters. The van der Waals surface area contributed by atoms with E-state index in [4.69, 9.17) is 14.2 Å². The third kappa shape index (κ3) is 14.2. The molecule has 0 amide bonds. The lowest BCUT2D eigenvalue weighted by Crippen LogP contribution is -2.33. The second kappa shape index (κ2) is 21.7. The molecule has 3 rings (SSSR count). The average Bonchev–Trinajstić information content (AvgIpc) is 3.75. The lowest BCUT2D eigenvalue weighted by Gasteiger charge is -2.24. The van der Waals surface area contributed by atoms with Gasteiger partial charge in [0.1, 0.15) is 6.10 Å². The fourth-order valence-electron chi connectivity index (χ4n) is 7.28. The number of esters is 1. The summed E-state index contributed by atoms with van der Waals surface area (Å²) in [6, 6.07) is 0. The molecule has 256 valence electrons. The van der Waals surface area contributed by atoms with Gasteiger partial charge in [-0.05, 0) is 57.9 Å². The van der Waals surface area contributed by atoms with E-state index in [0.29, 0.717) is 18.4 Å². The second-order valence-electron chi connectivity index (χ2n) is 14.0. The van der Waals surface area contributed by atoms with E-state index in [0.717, 1.165) is 83.5 Å². The highest BCUT2D eigenvalue weighted by molar-refractivity contribution is 5.90. The van der Waals surface area contributed by atoms with Gasteiger partial charge in [-0.3, -0.25) is 0 Å². The Balaban J connectivity index is 1.14. The molecule has 0 saturated carbocycles. The molecule has 0 spiro atoms. The van der Waals surface area contributed by atoms with Crippen molar-refractivity contribution in [3.8, 4) is 0 Å². The Labute approximate surface area is 268 Å². The Kier molecular flexibility index (Phi) is 18.5. The quantitative estimate of drug-likeness (QED) is 0.0703. The van der Waals surface area contributed by atoms with Crippen LogP contribution in [0.4, 0.5) is 0 Å². The third-order valence-corrected chi connectivity index (χ3v) is 10.0. The summed E-state index contributed by atoms with van der Waals surface area (Å²) in [5.41, 5.74) is 0.606. The molecule has 0 aromatic rings. The van der Waals surface area contributed by atoms with Crippen molar-refractivity contribution in [2.24, 2.45) is 0 Å². The molecular weight excluding hydrogens is 556 g/mol. The van der Waals surface area contributed by atoms with Crippen molar-refractivity contribution >= 4 is 5.97 Å². The first kappa shape index (κ1) is 37.5. The molecule has 0 aliphatic carbocycles. The molecule has 0 aromatic heterocycles. The first-order valence-corrected chi connectivity index (χ1v) is 18.6. The van der Waals surface area contributed by atoms with Crippen LogP contribution in [0.3, 0.4) is 0 Å². The largest absolute Gasteiger partial charge is 0.455 e. The Morgan fingerprint density at radius 2 is 1.09 bits per heavy atom. The fourth-order valence-corrected chi connectivity index (χ4v) is 7.28. The topological polar surface area (TPSA) is 105 Å². The molecule has 2 unspecified atom stereocenters. The van der Waals surface area contributed by atoms with Crippen LogP contribution in [-0.2, 0) is 19.0 Å². The van der Waals surface area contributed by atoms with Gasteiger partial charge in [0.2, 0.25) is 0 Å². The van der Waals surface area contributed by atoms with E-state index in [1.807, 2.05) is 6.92 Å². The molecule has 2 saturated heterocycles. The van der Waals surface area contributed by atoms with Gasteiger partial charge in [0.25, 0.3) is 0 Å². The van der Waals surface area contributed by atoms with Gasteiger partial charge in [-0.25, -0.2) is 4.79 Å². The number of aliphatic hydroxyl groups excluding tert-OH is 3. The minimum Gasteiger partial charge on any atom is -0.455 e. The number of hydrogen-bond acceptors (Lipinski definition) is 7. The van der Waals surface area contributed by atoms with Gasteiger partial charge in [-0.15, -0.1) is 0 Å². The maximum absolute atomic E-state index is 11.7. The van der Waals surface area contributed by atoms with E-state index in [9.17, 15) is 20.1 Å². The summed E-state index contributed by atoms with van der Waals surface area (Å²) < 4.78 is 17.7. The highest BCUT2D eigenvalue weighted by atomic mass is 16.6. The zero-order valence-corrected chi connectivity index (χ0v) is 28.1. The summed E-state index contributed by atoms with van der Waals surface area (Å²) in [6.45, 7) is 4.10. The van der Waals surface area contributed by atoms with Crippen LogP contribution in [-0.4, -0.2) is 70.1 Å². The highest BCUT2D eigenvalue weighted by Crippen LogP contribution is 2.34. The molecule has 0 radical (unpaired) electrons. The summed E-state index contributed by atoms with van der Waals surface area (Å²) >= 11 is 0. The maximum atomic E-state index is 11.7. The zero-order chi connectivity index (χ0) is 31.6. The van der Waals surface area contributed by atoms with E-state index in [2.05, 4.69) is 6.92 Å². The first-order chi connectivity index (χ1) is 21.4. The van der Waals surface area contributed by atoms with E-state index < -0.39 is 12.2 Å². The zero-order valence-electron chi connectivity index (χ0n) is 28.1. The molecule has 0 aromatic carbocycles. The SMILES string of the molecule is CCCCCCCCCCCC[C@@H](O)[C@H]1CC[C@H]([C@H]2CC[C@H]([C@H](O)CCCCCCCCC(O)CC3=CC(C)OC3=O)O2)O1. The van der Waals surface area contributed by atoms with Crippen LogP contribution in [0.1, 0.15) is 168 Å². The van der Waals surface area contributed by atoms with Gasteiger partial charge in [-0.2, -0.15) is 0 Å². The number of ether oxygens (including phenoxy) is 3. The van der Waals surface area contributed by atoms with Crippen molar-refractivity contribution in [1.82, 2.24) is 0 Å². The number of cyclic esters (lactones) is 1. The number of hydrogen-bond donors (Lipinski definition) is 3. The third-order valence-electron chi connectivity index (χ3n) is 10.0. The Morgan fingerprint density at radius 3 is 1.52 bits per heavy atom. The first-order valence-electron chi connectivity index (χ1n) is 18.6. The van der Waals surface area contributed by atoms with Crippen molar-refractivity contribution in [2.75, 3.05) is 0 Å². The van der Waals surface area contributed by atoms with Crippen molar-refractivity contribution in [2.45, 2.75) is 217 Å². The lowest BCUT2D eigenvalue weighted by molar-refractivity contribution is -0.139. The van der Waals surface area contributed by atoms with Gasteiger partial charge in [-0.1, -0.05) is 110 Å². The maximum Gasteiger partial charge on any atom is 0.334 e. The van der Waals surface area contributed by atoms with E-state index >= 15 is 0 Å². The van der Waals surface area contributed by atoms with Crippen LogP contribution < -0.4 is 0 Å². The van der Waals surface area contributed by atoms with Gasteiger partial charge < -0.3 is 29.5 Å². The predicted octanol–water partition coefficient (Wildman–Crippen LogP) is 7.86. The molecule has 0 bridgehead atoms. The van der Waals surface area contributed by atoms with Crippen LogP contribution >= 0.6 is 0 Å². The van der Waals surface area contributed by atoms with E-state index in [1.54, 1.807) is 6.08 Å². The summed E-state index contributed by atoms with van der Waals surface area (Å²) in [4.78, 5) is 11.7. The second-order valence-corrected chi connectivity index (χ2v) is 14.0. The molecule has 7 heteroatoms. The number of carbonyl (C=O) groups excluding carboxylic acids is 1. The van der Waals surface area contributed by atoms with Crippen LogP contribution in [0, 0.1) is 0 Å². The van der Waals surface area contributed by atoms with Gasteiger partial charge >= 0.3 is 5.97 Å². The van der Waals surface area contributed by atoms with Crippen molar-refractivity contribution in [1.29, 1.82) is 0 Å². The lowest BCUT2D eigenvalue weighted by atomic mass is 10.00. The summed E-state index contributed by atoms with van der Waals surface area (Å²) in [7, 11) is 0. The van der Waals surface area contributed by atoms with Crippen LogP contribution in [0.5, 0.6) is 0 Å². The van der Waals surface area contributed by atoms with E-state index in [1.165, 1.54) is 57.8 Å². The number of carbonyl (C=O) groups is 1. The molecule has 7 nitrogen and oxygen atoms in total. The smallest absolute Gasteiger partial charge is 0.334 e. The summed E-state index contributed by atoms with van der Waals surface area (Å²) in [6.07, 6.45) is 26.1. The fraction of sp³-hybridized carbons (Fsp3) is 0.919. The van der Waals surface area contributed by atoms with Gasteiger partial charge in [0.05, 0.1) is 42.7 Å². The van der Waals surface area contributed by atoms with Crippen LogP contribution in [0.2, 0.25) is 0 Å². The molecule has 2 fully saturated rings.